The third-order valence-corrected chi connectivity index (χ3v) is 4.61. The Hall–Kier alpha value is -3.28. The number of nitrogens with one attached hydrogen (secondary N) is 1. The summed E-state index contributed by atoms with van der Waals surface area (Å²) in [5, 5.41) is 4.78. The van der Waals surface area contributed by atoms with Crippen LogP contribution >= 0.6 is 0 Å². The Labute approximate surface area is 166 Å². The van der Waals surface area contributed by atoms with Crippen LogP contribution in [0.15, 0.2) is 79.4 Å². The molecule has 3 nitrogen and oxygen atoms in total. The number of carbonyl (C=O) groups is 1. The van der Waals surface area contributed by atoms with Crippen molar-refractivity contribution >= 4 is 16.9 Å². The number of ether oxygens (including phenoxy) is 1. The summed E-state index contributed by atoms with van der Waals surface area (Å²) < 4.78 is 44.1. The van der Waals surface area contributed by atoms with Crippen LogP contribution in [0.2, 0.25) is 0 Å². The van der Waals surface area contributed by atoms with E-state index in [0.717, 1.165) is 28.5 Å². The van der Waals surface area contributed by atoms with Gasteiger partial charge in [0.1, 0.15) is 6.10 Å². The first-order valence-corrected chi connectivity index (χ1v) is 9.04. The van der Waals surface area contributed by atoms with Gasteiger partial charge in [0.15, 0.2) is 0 Å². The van der Waals surface area contributed by atoms with E-state index in [9.17, 15) is 18.0 Å². The third-order valence-electron chi connectivity index (χ3n) is 4.61. The lowest BCUT2D eigenvalue weighted by atomic mass is 10.00. The minimum absolute atomic E-state index is 0.197. The molecule has 0 saturated carbocycles. The number of benzene rings is 3. The zero-order valence-corrected chi connectivity index (χ0v) is 15.7. The van der Waals surface area contributed by atoms with Crippen molar-refractivity contribution in [1.29, 1.82) is 0 Å². The molecule has 3 aromatic rings. The standard InChI is InChI=1S/C23H20F3NO2/c1-3-21(17-10-6-11-18(14-17)23(24,25)26)29-22(28)27-15(2)19-13-7-9-16-8-4-5-12-20(16)19/h3-15,21H,1H2,2H3,(H,27,28)/t15-,21?/m1/s1. The number of alkyl carbamates (subject to hydrolysis) is 1. The first-order valence-electron chi connectivity index (χ1n) is 9.04. The van der Waals surface area contributed by atoms with Gasteiger partial charge in [-0.15, -0.1) is 0 Å². The molecule has 29 heavy (non-hydrogen) atoms. The molecule has 3 rings (SSSR count). The van der Waals surface area contributed by atoms with Crippen molar-refractivity contribution < 1.29 is 22.7 Å². The Bertz CT molecular complexity index is 1020. The monoisotopic (exact) mass is 399 g/mol. The number of carbonyl (C=O) groups excluding carboxylic acids is 1. The van der Waals surface area contributed by atoms with Crippen LogP contribution in [0.5, 0.6) is 0 Å². The summed E-state index contributed by atoms with van der Waals surface area (Å²) in [6, 6.07) is 17.9. The maximum absolute atomic E-state index is 12.9. The van der Waals surface area contributed by atoms with Gasteiger partial charge in [0, 0.05) is 0 Å². The molecule has 0 aliphatic rings. The highest BCUT2D eigenvalue weighted by atomic mass is 19.4. The van der Waals surface area contributed by atoms with Gasteiger partial charge in [-0.2, -0.15) is 13.2 Å². The van der Waals surface area contributed by atoms with Crippen LogP contribution < -0.4 is 5.32 Å². The number of amides is 1. The average molecular weight is 399 g/mol. The first-order chi connectivity index (χ1) is 13.8. The van der Waals surface area contributed by atoms with Crippen molar-refractivity contribution in [3.05, 3.63) is 96.1 Å². The number of hydrogen-bond acceptors (Lipinski definition) is 2. The molecule has 0 saturated heterocycles. The van der Waals surface area contributed by atoms with Crippen LogP contribution in [0, 0.1) is 0 Å². The van der Waals surface area contributed by atoms with Gasteiger partial charge >= 0.3 is 12.3 Å². The molecule has 0 heterocycles. The lowest BCUT2D eigenvalue weighted by Crippen LogP contribution is -2.28. The van der Waals surface area contributed by atoms with Gasteiger partial charge in [-0.3, -0.25) is 0 Å². The summed E-state index contributed by atoms with van der Waals surface area (Å²) in [6.07, 6.45) is -4.94. The van der Waals surface area contributed by atoms with Crippen molar-refractivity contribution in [3.63, 3.8) is 0 Å². The quantitative estimate of drug-likeness (QED) is 0.493. The second-order valence-corrected chi connectivity index (χ2v) is 6.62. The Morgan fingerprint density at radius 1 is 1.07 bits per heavy atom. The Morgan fingerprint density at radius 3 is 2.48 bits per heavy atom. The minimum atomic E-state index is -4.48. The summed E-state index contributed by atoms with van der Waals surface area (Å²) in [5.74, 6) is 0. The van der Waals surface area contributed by atoms with E-state index in [4.69, 9.17) is 4.74 Å². The van der Waals surface area contributed by atoms with Crippen LogP contribution in [-0.4, -0.2) is 6.09 Å². The van der Waals surface area contributed by atoms with Gasteiger partial charge in [0.05, 0.1) is 11.6 Å². The summed E-state index contributed by atoms with van der Waals surface area (Å²) in [7, 11) is 0. The van der Waals surface area contributed by atoms with E-state index < -0.39 is 23.9 Å². The lowest BCUT2D eigenvalue weighted by molar-refractivity contribution is -0.137. The average Bonchev–Trinajstić information content (AvgIpc) is 2.71. The van der Waals surface area contributed by atoms with Crippen molar-refractivity contribution in [1.82, 2.24) is 5.32 Å². The van der Waals surface area contributed by atoms with Crippen molar-refractivity contribution in [2.45, 2.75) is 25.2 Å². The fourth-order valence-corrected chi connectivity index (χ4v) is 3.18. The van der Waals surface area contributed by atoms with Gasteiger partial charge in [0.2, 0.25) is 0 Å². The largest absolute Gasteiger partial charge is 0.437 e. The molecule has 0 spiro atoms. The summed E-state index contributed by atoms with van der Waals surface area (Å²) in [5.41, 5.74) is 0.298. The maximum Gasteiger partial charge on any atom is 0.416 e. The third kappa shape index (κ3) is 4.77. The van der Waals surface area contributed by atoms with E-state index in [-0.39, 0.29) is 11.6 Å². The Balaban J connectivity index is 1.74. The van der Waals surface area contributed by atoms with E-state index in [1.807, 2.05) is 49.4 Å². The highest BCUT2D eigenvalue weighted by Gasteiger charge is 2.31. The number of hydrogen-bond donors (Lipinski definition) is 1. The van der Waals surface area contributed by atoms with Crippen LogP contribution in [0.3, 0.4) is 0 Å². The molecule has 0 aliphatic carbocycles. The smallest absolute Gasteiger partial charge is 0.416 e. The van der Waals surface area contributed by atoms with Gasteiger partial charge in [-0.25, -0.2) is 4.79 Å². The zero-order valence-electron chi connectivity index (χ0n) is 15.7. The van der Waals surface area contributed by atoms with Gasteiger partial charge in [0.25, 0.3) is 0 Å². The van der Waals surface area contributed by atoms with E-state index in [1.54, 1.807) is 0 Å². The molecule has 1 N–H and O–H groups in total. The molecule has 1 amide bonds. The molecule has 0 aliphatic heterocycles. The number of rotatable bonds is 5. The van der Waals surface area contributed by atoms with E-state index in [1.165, 1.54) is 18.2 Å². The Kier molecular flexibility index (Phi) is 5.92. The highest BCUT2D eigenvalue weighted by molar-refractivity contribution is 5.86. The van der Waals surface area contributed by atoms with Gasteiger partial charge < -0.3 is 10.1 Å². The van der Waals surface area contributed by atoms with E-state index in [0.29, 0.717) is 0 Å². The molecule has 3 aromatic carbocycles. The SMILES string of the molecule is C=CC(OC(=O)N[C@H](C)c1cccc2ccccc12)c1cccc(C(F)(F)F)c1. The second kappa shape index (κ2) is 8.39. The summed E-state index contributed by atoms with van der Waals surface area (Å²) in [4.78, 5) is 12.4. The predicted molar refractivity (Wildman–Crippen MR) is 106 cm³/mol. The van der Waals surface area contributed by atoms with Crippen LogP contribution in [0.4, 0.5) is 18.0 Å². The predicted octanol–water partition coefficient (Wildman–Crippen LogP) is 6.57. The van der Waals surface area contributed by atoms with E-state index >= 15 is 0 Å². The molecule has 0 bridgehead atoms. The highest BCUT2D eigenvalue weighted by Crippen LogP contribution is 2.32. The zero-order chi connectivity index (χ0) is 21.0. The summed E-state index contributed by atoms with van der Waals surface area (Å²) >= 11 is 0. The normalized spacial score (nSPS) is 13.5. The van der Waals surface area contributed by atoms with Crippen LogP contribution in [0.1, 0.15) is 35.8 Å². The second-order valence-electron chi connectivity index (χ2n) is 6.62. The molecule has 0 fully saturated rings. The lowest BCUT2D eigenvalue weighted by Gasteiger charge is -2.20. The number of fused-ring (bicyclic) bond motifs is 1. The van der Waals surface area contributed by atoms with Gasteiger partial charge in [-0.05, 0) is 47.0 Å². The first kappa shape index (κ1) is 20.5. The fourth-order valence-electron chi connectivity index (χ4n) is 3.18. The molecule has 150 valence electrons. The van der Waals surface area contributed by atoms with Crippen LogP contribution in [-0.2, 0) is 10.9 Å². The fraction of sp³-hybridized carbons (Fsp3) is 0.174. The minimum Gasteiger partial charge on any atom is -0.437 e. The van der Waals surface area contributed by atoms with Crippen LogP contribution in [0.25, 0.3) is 10.8 Å². The molecule has 2 atom stereocenters. The molecule has 6 heteroatoms. The Morgan fingerprint density at radius 2 is 1.76 bits per heavy atom. The van der Waals surface area contributed by atoms with Gasteiger partial charge in [-0.1, -0.05) is 61.2 Å². The molecule has 1 unspecified atom stereocenters. The molecule has 0 aromatic heterocycles. The molecular formula is C23H20F3NO2. The van der Waals surface area contributed by atoms with Crippen molar-refractivity contribution in [3.8, 4) is 0 Å². The molecular weight excluding hydrogens is 379 g/mol. The van der Waals surface area contributed by atoms with Crippen molar-refractivity contribution in [2.75, 3.05) is 0 Å². The number of alkyl halides is 3. The topological polar surface area (TPSA) is 38.3 Å². The van der Waals surface area contributed by atoms with E-state index in [2.05, 4.69) is 11.9 Å². The molecule has 0 radical (unpaired) electrons. The number of halogens is 3. The summed E-state index contributed by atoms with van der Waals surface area (Å²) in [6.45, 7) is 5.39. The van der Waals surface area contributed by atoms with Crippen molar-refractivity contribution in [2.24, 2.45) is 0 Å². The maximum atomic E-state index is 12.9.